The van der Waals surface area contributed by atoms with Crippen molar-refractivity contribution >= 4 is 33.6 Å². The van der Waals surface area contributed by atoms with E-state index in [4.69, 9.17) is 0 Å². The van der Waals surface area contributed by atoms with Crippen molar-refractivity contribution in [3.8, 4) is 11.4 Å². The van der Waals surface area contributed by atoms with Gasteiger partial charge in [-0.1, -0.05) is 0 Å². The fourth-order valence-electron chi connectivity index (χ4n) is 6.05. The number of alkyl halides is 3. The first kappa shape index (κ1) is 23.6. The molecular weight excluding hydrogens is 495 g/mol. The van der Waals surface area contributed by atoms with Crippen LogP contribution in [0.1, 0.15) is 31.2 Å². The van der Waals surface area contributed by atoms with Crippen molar-refractivity contribution in [1.29, 1.82) is 0 Å². The summed E-state index contributed by atoms with van der Waals surface area (Å²) in [7, 11) is 0. The molecule has 7 rings (SSSR count). The van der Waals surface area contributed by atoms with Crippen molar-refractivity contribution in [2.75, 3.05) is 5.32 Å². The van der Waals surface area contributed by atoms with E-state index >= 15 is 0 Å². The number of halogens is 5. The first-order valence-electron chi connectivity index (χ1n) is 11.9. The zero-order chi connectivity index (χ0) is 26.1. The van der Waals surface area contributed by atoms with Gasteiger partial charge >= 0.3 is 12.1 Å². The molecule has 192 valence electrons. The molecule has 1 unspecified atom stereocenters. The van der Waals surface area contributed by atoms with Gasteiger partial charge in [-0.15, -0.1) is 0 Å². The Morgan fingerprint density at radius 1 is 1.00 bits per heavy atom. The minimum absolute atomic E-state index is 0.00368. The Kier molecular flexibility index (Phi) is 5.36. The van der Waals surface area contributed by atoms with E-state index in [1.165, 1.54) is 12.3 Å². The maximum absolute atomic E-state index is 14.3. The number of aromatic amines is 1. The number of hydrogen-bond acceptors (Lipinski definition) is 4. The third kappa shape index (κ3) is 3.96. The van der Waals surface area contributed by atoms with Crippen LogP contribution in [-0.2, 0) is 11.0 Å². The number of hydrogen-bond donors (Lipinski definition) is 3. The van der Waals surface area contributed by atoms with Crippen molar-refractivity contribution in [2.45, 2.75) is 37.9 Å². The van der Waals surface area contributed by atoms with Crippen LogP contribution in [0.5, 0.6) is 0 Å². The highest BCUT2D eigenvalue weighted by Crippen LogP contribution is 2.47. The maximum atomic E-state index is 14.3. The van der Waals surface area contributed by atoms with E-state index in [1.54, 1.807) is 0 Å². The molecule has 11 heteroatoms. The van der Waals surface area contributed by atoms with Gasteiger partial charge in [0.15, 0.2) is 5.82 Å². The van der Waals surface area contributed by atoms with Gasteiger partial charge < -0.3 is 15.4 Å². The van der Waals surface area contributed by atoms with Gasteiger partial charge in [0.25, 0.3) is 0 Å². The smallest absolute Gasteiger partial charge is 0.416 e. The fraction of sp³-hybridized carbons (Fsp3) is 0.346. The number of fused-ring (bicyclic) bond motifs is 5. The average molecular weight is 516 g/mol. The van der Waals surface area contributed by atoms with Crippen LogP contribution >= 0.6 is 0 Å². The number of nitrogens with one attached hydrogen (secondary N) is 2. The highest BCUT2D eigenvalue weighted by Gasteiger charge is 2.47. The number of carboxylic acids is 1. The number of carbonyl (C=O) groups is 1. The molecule has 2 bridgehead atoms. The molecule has 3 aliphatic carbocycles. The molecule has 0 amide bonds. The summed E-state index contributed by atoms with van der Waals surface area (Å²) in [6, 6.07) is 4.43. The number of aliphatic carboxylic acids is 1. The number of rotatable bonds is 4. The Hall–Kier alpha value is -3.76. The molecule has 3 saturated carbocycles. The summed E-state index contributed by atoms with van der Waals surface area (Å²) >= 11 is 0. The molecule has 37 heavy (non-hydrogen) atoms. The van der Waals surface area contributed by atoms with Gasteiger partial charge in [0.05, 0.1) is 22.5 Å². The number of aromatic nitrogens is 3. The minimum atomic E-state index is -4.61. The lowest BCUT2D eigenvalue weighted by atomic mass is 9.61. The molecule has 0 saturated heterocycles. The Balaban J connectivity index is 1.53. The second-order valence-corrected chi connectivity index (χ2v) is 9.85. The fourth-order valence-corrected chi connectivity index (χ4v) is 6.05. The van der Waals surface area contributed by atoms with Crippen molar-refractivity contribution in [1.82, 2.24) is 15.0 Å². The second-order valence-electron chi connectivity index (χ2n) is 9.85. The lowest BCUT2D eigenvalue weighted by Crippen LogP contribution is -2.51. The molecular formula is C26H21F5N4O2. The lowest BCUT2D eigenvalue weighted by molar-refractivity contribution is -0.148. The standard InChI is InChI=1S/C26H21F5N4O2/c27-14-8-16-17(10-32-22(16)18(28)9-14)24-33-19-7-13(26(29,30)31)5-6-15(19)23(35-24)34-21-12-3-1-11(2-4-12)20(21)25(36)37/h5-12,20-21,32H,1-4H2,(H,36,37)(H,33,34,35)/t11?,12?,20-,21?/m1/s1. The van der Waals surface area contributed by atoms with Crippen LogP contribution in [-0.4, -0.2) is 32.1 Å². The van der Waals surface area contributed by atoms with Crippen molar-refractivity contribution in [2.24, 2.45) is 17.8 Å². The third-order valence-electron chi connectivity index (χ3n) is 7.78. The van der Waals surface area contributed by atoms with Crippen molar-refractivity contribution in [3.63, 3.8) is 0 Å². The predicted molar refractivity (Wildman–Crippen MR) is 126 cm³/mol. The SMILES string of the molecule is O=C(O)[C@@H]1C2CCC(CC2)C1Nc1nc(-c2c[nH]c3c(F)cc(F)cc23)nc2cc(C(F)(F)F)ccc12. The van der Waals surface area contributed by atoms with E-state index in [2.05, 4.69) is 20.3 Å². The lowest BCUT2D eigenvalue weighted by Gasteiger charge is -2.47. The first-order chi connectivity index (χ1) is 17.6. The minimum Gasteiger partial charge on any atom is -0.481 e. The zero-order valence-corrected chi connectivity index (χ0v) is 19.2. The largest absolute Gasteiger partial charge is 0.481 e. The van der Waals surface area contributed by atoms with E-state index in [9.17, 15) is 31.9 Å². The average Bonchev–Trinajstić information content (AvgIpc) is 3.27. The van der Waals surface area contributed by atoms with Crippen molar-refractivity contribution < 1.29 is 31.9 Å². The summed E-state index contributed by atoms with van der Waals surface area (Å²) in [6.45, 7) is 0. The Morgan fingerprint density at radius 2 is 1.73 bits per heavy atom. The molecule has 3 fully saturated rings. The van der Waals surface area contributed by atoms with E-state index in [1.807, 2.05) is 0 Å². The maximum Gasteiger partial charge on any atom is 0.416 e. The molecule has 2 aromatic carbocycles. The summed E-state index contributed by atoms with van der Waals surface area (Å²) in [6.07, 6.45) is 0.0850. The summed E-state index contributed by atoms with van der Waals surface area (Å²) in [5, 5.41) is 13.6. The summed E-state index contributed by atoms with van der Waals surface area (Å²) < 4.78 is 68.8. The van der Waals surface area contributed by atoms with Gasteiger partial charge in [-0.05, 0) is 61.8 Å². The Bertz CT molecular complexity index is 1540. The number of benzene rings is 2. The Morgan fingerprint density at radius 3 is 2.43 bits per heavy atom. The van der Waals surface area contributed by atoms with Crippen LogP contribution in [0.2, 0.25) is 0 Å². The predicted octanol–water partition coefficient (Wildman–Crippen LogP) is 6.38. The Labute approximate surface area is 206 Å². The topological polar surface area (TPSA) is 90.9 Å². The van der Waals surface area contributed by atoms with E-state index in [0.717, 1.165) is 49.9 Å². The molecule has 2 heterocycles. The molecule has 4 aromatic rings. The van der Waals surface area contributed by atoms with E-state index < -0.39 is 41.3 Å². The van der Waals surface area contributed by atoms with Gasteiger partial charge in [-0.3, -0.25) is 4.79 Å². The van der Waals surface area contributed by atoms with Gasteiger partial charge in [0.2, 0.25) is 0 Å². The summed E-state index contributed by atoms with van der Waals surface area (Å²) in [5.74, 6) is -3.02. The van der Waals surface area contributed by atoms with Gasteiger partial charge in [0, 0.05) is 34.6 Å². The molecule has 3 aliphatic rings. The third-order valence-corrected chi connectivity index (χ3v) is 7.78. The summed E-state index contributed by atoms with van der Waals surface area (Å²) in [5.41, 5.74) is -0.724. The zero-order valence-electron chi connectivity index (χ0n) is 19.2. The van der Waals surface area contributed by atoms with Crippen LogP contribution in [0.3, 0.4) is 0 Å². The first-order valence-corrected chi connectivity index (χ1v) is 11.9. The molecule has 3 N–H and O–H groups in total. The van der Waals surface area contributed by atoms with Crippen LogP contribution in [0, 0.1) is 29.4 Å². The second kappa shape index (κ2) is 8.39. The number of anilines is 1. The molecule has 2 atom stereocenters. The van der Waals surface area contributed by atoms with Gasteiger partial charge in [-0.25, -0.2) is 18.7 Å². The van der Waals surface area contributed by atoms with Crippen molar-refractivity contribution in [3.05, 3.63) is 53.7 Å². The van der Waals surface area contributed by atoms with Crippen LogP contribution in [0.15, 0.2) is 36.5 Å². The summed E-state index contributed by atoms with van der Waals surface area (Å²) in [4.78, 5) is 23.7. The monoisotopic (exact) mass is 516 g/mol. The molecule has 6 nitrogen and oxygen atoms in total. The quantitative estimate of drug-likeness (QED) is 0.274. The van der Waals surface area contributed by atoms with Gasteiger partial charge in [0.1, 0.15) is 17.5 Å². The van der Waals surface area contributed by atoms with Gasteiger partial charge in [-0.2, -0.15) is 13.2 Å². The van der Waals surface area contributed by atoms with Crippen LogP contribution in [0.25, 0.3) is 33.2 Å². The normalized spacial score (nSPS) is 23.6. The van der Waals surface area contributed by atoms with E-state index in [0.29, 0.717) is 5.39 Å². The number of carboxylic acid groups (broad SMARTS) is 1. The number of H-pyrrole nitrogens is 1. The highest BCUT2D eigenvalue weighted by atomic mass is 19.4. The number of nitrogens with zero attached hydrogens (tertiary/aromatic N) is 2. The highest BCUT2D eigenvalue weighted by molar-refractivity contribution is 5.97. The molecule has 0 radical (unpaired) electrons. The van der Waals surface area contributed by atoms with Crippen LogP contribution < -0.4 is 5.32 Å². The molecule has 2 aromatic heterocycles. The van der Waals surface area contributed by atoms with Crippen LogP contribution in [0.4, 0.5) is 27.8 Å². The molecule has 0 spiro atoms. The molecule has 0 aliphatic heterocycles. The van der Waals surface area contributed by atoms with E-state index in [-0.39, 0.29) is 45.5 Å².